The molecule has 0 saturated heterocycles. The fourth-order valence-electron chi connectivity index (χ4n) is 3.43. The Morgan fingerprint density at radius 2 is 1.68 bits per heavy atom. The van der Waals surface area contributed by atoms with E-state index in [9.17, 15) is 15.0 Å². The van der Waals surface area contributed by atoms with Crippen LogP contribution in [0, 0.1) is 5.92 Å². The number of carboxylic acids is 1. The highest BCUT2D eigenvalue weighted by molar-refractivity contribution is 5.87. The van der Waals surface area contributed by atoms with Gasteiger partial charge in [0.1, 0.15) is 17.2 Å². The van der Waals surface area contributed by atoms with E-state index in [0.717, 1.165) is 31.2 Å². The summed E-state index contributed by atoms with van der Waals surface area (Å²) in [7, 11) is 0. The van der Waals surface area contributed by atoms with Gasteiger partial charge in [0.2, 0.25) is 0 Å². The summed E-state index contributed by atoms with van der Waals surface area (Å²) in [5, 5.41) is 28.3. The Kier molecular flexibility index (Phi) is 5.12. The SMILES string of the molecule is O=C(O)c1ccc(OCC2CCC(c3ccc(O)cc3O)CC2)cc1. The van der Waals surface area contributed by atoms with Crippen LogP contribution in [0.4, 0.5) is 0 Å². The molecule has 1 aliphatic rings. The van der Waals surface area contributed by atoms with Crippen LogP contribution in [-0.2, 0) is 0 Å². The lowest BCUT2D eigenvalue weighted by atomic mass is 9.78. The molecule has 25 heavy (non-hydrogen) atoms. The van der Waals surface area contributed by atoms with Gasteiger partial charge in [0.15, 0.2) is 0 Å². The van der Waals surface area contributed by atoms with Gasteiger partial charge in [0, 0.05) is 6.07 Å². The zero-order chi connectivity index (χ0) is 17.8. The van der Waals surface area contributed by atoms with Gasteiger partial charge in [-0.05, 0) is 73.4 Å². The molecule has 0 bridgehead atoms. The first-order valence-electron chi connectivity index (χ1n) is 8.51. The number of phenolic OH excluding ortho intramolecular Hbond substituents is 2. The minimum absolute atomic E-state index is 0.0808. The molecular weight excluding hydrogens is 320 g/mol. The molecule has 0 aliphatic heterocycles. The van der Waals surface area contributed by atoms with Crippen LogP contribution in [0.5, 0.6) is 17.2 Å². The van der Waals surface area contributed by atoms with E-state index in [0.29, 0.717) is 24.2 Å². The van der Waals surface area contributed by atoms with Crippen molar-refractivity contribution in [3.63, 3.8) is 0 Å². The summed E-state index contributed by atoms with van der Waals surface area (Å²) in [6.07, 6.45) is 3.98. The second-order valence-electron chi connectivity index (χ2n) is 6.60. The Bertz CT molecular complexity index is 730. The number of hydrogen-bond donors (Lipinski definition) is 3. The average molecular weight is 342 g/mol. The van der Waals surface area contributed by atoms with Crippen LogP contribution in [0.15, 0.2) is 42.5 Å². The summed E-state index contributed by atoms with van der Waals surface area (Å²) in [6.45, 7) is 0.612. The van der Waals surface area contributed by atoms with Crippen molar-refractivity contribution in [3.05, 3.63) is 53.6 Å². The number of aromatic hydroxyl groups is 2. The molecule has 0 atom stereocenters. The maximum absolute atomic E-state index is 10.8. The summed E-state index contributed by atoms with van der Waals surface area (Å²) < 4.78 is 5.79. The molecule has 0 aromatic heterocycles. The highest BCUT2D eigenvalue weighted by atomic mass is 16.5. The van der Waals surface area contributed by atoms with E-state index in [1.165, 1.54) is 6.07 Å². The third-order valence-electron chi connectivity index (χ3n) is 4.89. The normalized spacial score (nSPS) is 20.2. The number of rotatable bonds is 5. The van der Waals surface area contributed by atoms with Crippen molar-refractivity contribution in [3.8, 4) is 17.2 Å². The minimum atomic E-state index is -0.942. The van der Waals surface area contributed by atoms with Gasteiger partial charge in [-0.3, -0.25) is 0 Å². The van der Waals surface area contributed by atoms with Crippen LogP contribution in [0.2, 0.25) is 0 Å². The number of carbonyl (C=O) groups is 1. The van der Waals surface area contributed by atoms with Crippen LogP contribution in [0.1, 0.15) is 47.5 Å². The maximum atomic E-state index is 10.8. The molecular formula is C20H22O5. The molecule has 3 N–H and O–H groups in total. The molecule has 2 aromatic carbocycles. The number of hydrogen-bond acceptors (Lipinski definition) is 4. The van der Waals surface area contributed by atoms with E-state index < -0.39 is 5.97 Å². The lowest BCUT2D eigenvalue weighted by Gasteiger charge is -2.29. The number of benzene rings is 2. The highest BCUT2D eigenvalue weighted by Gasteiger charge is 2.24. The van der Waals surface area contributed by atoms with Crippen LogP contribution < -0.4 is 4.74 Å². The second-order valence-corrected chi connectivity index (χ2v) is 6.60. The van der Waals surface area contributed by atoms with E-state index in [-0.39, 0.29) is 17.1 Å². The van der Waals surface area contributed by atoms with Crippen LogP contribution in [-0.4, -0.2) is 27.9 Å². The standard InChI is InChI=1S/C20H22O5/c21-16-7-10-18(19(22)11-16)14-3-1-13(2-4-14)12-25-17-8-5-15(6-9-17)20(23)24/h5-11,13-14,21-22H,1-4,12H2,(H,23,24). The maximum Gasteiger partial charge on any atom is 0.335 e. The van der Waals surface area contributed by atoms with Crippen molar-refractivity contribution in [1.29, 1.82) is 0 Å². The van der Waals surface area contributed by atoms with Crippen molar-refractivity contribution in [2.45, 2.75) is 31.6 Å². The van der Waals surface area contributed by atoms with Gasteiger partial charge >= 0.3 is 5.97 Å². The van der Waals surface area contributed by atoms with Crippen molar-refractivity contribution in [2.24, 2.45) is 5.92 Å². The Morgan fingerprint density at radius 3 is 2.28 bits per heavy atom. The Hall–Kier alpha value is -2.69. The van der Waals surface area contributed by atoms with Gasteiger partial charge < -0.3 is 20.1 Å². The third-order valence-corrected chi connectivity index (χ3v) is 4.89. The summed E-state index contributed by atoms with van der Waals surface area (Å²) in [5.41, 5.74) is 1.16. The Morgan fingerprint density at radius 1 is 1.00 bits per heavy atom. The number of carboxylic acid groups (broad SMARTS) is 1. The quantitative estimate of drug-likeness (QED) is 0.760. The molecule has 132 valence electrons. The molecule has 0 unspecified atom stereocenters. The van der Waals surface area contributed by atoms with E-state index in [4.69, 9.17) is 9.84 Å². The predicted octanol–water partition coefficient (Wildman–Crippen LogP) is 4.15. The van der Waals surface area contributed by atoms with E-state index >= 15 is 0 Å². The Balaban J connectivity index is 1.50. The van der Waals surface area contributed by atoms with Crippen LogP contribution in [0.25, 0.3) is 0 Å². The molecule has 1 aliphatic carbocycles. The minimum Gasteiger partial charge on any atom is -0.508 e. The van der Waals surface area contributed by atoms with Gasteiger partial charge in [-0.15, -0.1) is 0 Å². The lowest BCUT2D eigenvalue weighted by molar-refractivity contribution is 0.0697. The lowest BCUT2D eigenvalue weighted by Crippen LogP contribution is -2.19. The molecule has 0 heterocycles. The molecule has 5 nitrogen and oxygen atoms in total. The van der Waals surface area contributed by atoms with Crippen LogP contribution >= 0.6 is 0 Å². The predicted molar refractivity (Wildman–Crippen MR) is 93.4 cm³/mol. The molecule has 2 aromatic rings. The third kappa shape index (κ3) is 4.24. The van der Waals surface area contributed by atoms with Gasteiger partial charge in [-0.1, -0.05) is 6.07 Å². The molecule has 0 spiro atoms. The largest absolute Gasteiger partial charge is 0.508 e. The zero-order valence-corrected chi connectivity index (χ0v) is 13.9. The number of ether oxygens (including phenoxy) is 1. The molecule has 0 radical (unpaired) electrons. The van der Waals surface area contributed by atoms with Gasteiger partial charge in [-0.25, -0.2) is 4.79 Å². The highest BCUT2D eigenvalue weighted by Crippen LogP contribution is 2.40. The van der Waals surface area contributed by atoms with Crippen molar-refractivity contribution in [1.82, 2.24) is 0 Å². The zero-order valence-electron chi connectivity index (χ0n) is 13.9. The smallest absolute Gasteiger partial charge is 0.335 e. The number of aromatic carboxylic acids is 1. The van der Waals surface area contributed by atoms with Gasteiger partial charge in [0.05, 0.1) is 12.2 Å². The van der Waals surface area contributed by atoms with Gasteiger partial charge in [0.25, 0.3) is 0 Å². The molecule has 0 amide bonds. The van der Waals surface area contributed by atoms with Gasteiger partial charge in [-0.2, -0.15) is 0 Å². The molecule has 1 fully saturated rings. The molecule has 5 heteroatoms. The summed E-state index contributed by atoms with van der Waals surface area (Å²) >= 11 is 0. The first kappa shape index (κ1) is 17.1. The fourth-order valence-corrected chi connectivity index (χ4v) is 3.43. The fraction of sp³-hybridized carbons (Fsp3) is 0.350. The molecule has 3 rings (SSSR count). The Labute approximate surface area is 146 Å². The average Bonchev–Trinajstić information content (AvgIpc) is 2.61. The topological polar surface area (TPSA) is 87.0 Å². The van der Waals surface area contributed by atoms with Crippen molar-refractivity contribution >= 4 is 5.97 Å². The first-order valence-corrected chi connectivity index (χ1v) is 8.51. The van der Waals surface area contributed by atoms with E-state index in [1.54, 1.807) is 36.4 Å². The monoisotopic (exact) mass is 342 g/mol. The summed E-state index contributed by atoms with van der Waals surface area (Å²) in [4.78, 5) is 10.8. The van der Waals surface area contributed by atoms with E-state index in [1.807, 2.05) is 0 Å². The van der Waals surface area contributed by atoms with Crippen LogP contribution in [0.3, 0.4) is 0 Å². The second kappa shape index (κ2) is 7.47. The first-order chi connectivity index (χ1) is 12.0. The number of phenols is 2. The summed E-state index contributed by atoms with van der Waals surface area (Å²) in [5.74, 6) is 0.752. The molecule has 1 saturated carbocycles. The van der Waals surface area contributed by atoms with Crippen molar-refractivity contribution in [2.75, 3.05) is 6.61 Å². The van der Waals surface area contributed by atoms with E-state index in [2.05, 4.69) is 0 Å². The van der Waals surface area contributed by atoms with Crippen molar-refractivity contribution < 1.29 is 24.9 Å². The summed E-state index contributed by atoms with van der Waals surface area (Å²) in [6, 6.07) is 11.3.